The third kappa shape index (κ3) is 2.64. The first kappa shape index (κ1) is 15.5. The van der Waals surface area contributed by atoms with Gasteiger partial charge in [-0.25, -0.2) is 8.42 Å². The third-order valence-electron chi connectivity index (χ3n) is 3.51. The summed E-state index contributed by atoms with van der Waals surface area (Å²) in [6.45, 7) is 3.56. The van der Waals surface area contributed by atoms with Crippen molar-refractivity contribution in [1.82, 2.24) is 9.62 Å². The van der Waals surface area contributed by atoms with Crippen LogP contribution in [0.15, 0.2) is 29.2 Å². The second kappa shape index (κ2) is 5.12. The average molecular weight is 311 g/mol. The van der Waals surface area contributed by atoms with Gasteiger partial charge in [-0.2, -0.15) is 4.31 Å². The summed E-state index contributed by atoms with van der Waals surface area (Å²) < 4.78 is 26.5. The molecule has 0 radical (unpaired) electrons. The van der Waals surface area contributed by atoms with Gasteiger partial charge in [0, 0.05) is 18.7 Å². The number of nitrogens with zero attached hydrogens (tertiary/aromatic N) is 1. The number of amides is 2. The Hall–Kier alpha value is -1.93. The van der Waals surface area contributed by atoms with Gasteiger partial charge in [0.1, 0.15) is 5.54 Å². The van der Waals surface area contributed by atoms with Gasteiger partial charge in [-0.1, -0.05) is 0 Å². The molecule has 0 aliphatic carbocycles. The number of piperazine rings is 1. The minimum Gasteiger partial charge on any atom is -0.366 e. The van der Waals surface area contributed by atoms with Gasteiger partial charge in [0.25, 0.3) is 0 Å². The summed E-state index contributed by atoms with van der Waals surface area (Å²) >= 11 is 0. The lowest BCUT2D eigenvalue weighted by molar-refractivity contribution is -0.131. The van der Waals surface area contributed by atoms with Crippen molar-refractivity contribution < 1.29 is 18.0 Å². The van der Waals surface area contributed by atoms with E-state index in [0.29, 0.717) is 0 Å². The summed E-state index contributed by atoms with van der Waals surface area (Å²) in [6, 6.07) is 5.34. The molecule has 1 fully saturated rings. The third-order valence-corrected chi connectivity index (χ3v) is 5.59. The molecule has 1 aliphatic heterocycles. The Morgan fingerprint density at radius 1 is 1.29 bits per heavy atom. The number of carbonyl (C=O) groups excluding carboxylic acids is 2. The molecule has 3 N–H and O–H groups in total. The molecule has 1 aliphatic rings. The van der Waals surface area contributed by atoms with Crippen molar-refractivity contribution in [3.8, 4) is 0 Å². The predicted molar refractivity (Wildman–Crippen MR) is 75.9 cm³/mol. The van der Waals surface area contributed by atoms with Gasteiger partial charge in [-0.3, -0.25) is 9.59 Å². The van der Waals surface area contributed by atoms with Gasteiger partial charge in [0.2, 0.25) is 21.8 Å². The molecule has 0 aromatic heterocycles. The van der Waals surface area contributed by atoms with E-state index in [4.69, 9.17) is 5.73 Å². The molecule has 0 atom stereocenters. The van der Waals surface area contributed by atoms with E-state index in [1.165, 1.54) is 24.3 Å². The first-order valence-corrected chi connectivity index (χ1v) is 7.82. The quantitative estimate of drug-likeness (QED) is 0.797. The molecule has 1 saturated heterocycles. The fraction of sp³-hybridized carbons (Fsp3) is 0.385. The number of hydrogen-bond donors (Lipinski definition) is 2. The Morgan fingerprint density at radius 3 is 2.38 bits per heavy atom. The van der Waals surface area contributed by atoms with Crippen molar-refractivity contribution in [3.63, 3.8) is 0 Å². The molecular weight excluding hydrogens is 294 g/mol. The first-order valence-electron chi connectivity index (χ1n) is 6.38. The van der Waals surface area contributed by atoms with Crippen molar-refractivity contribution in [2.24, 2.45) is 5.73 Å². The summed E-state index contributed by atoms with van der Waals surface area (Å²) in [6.07, 6.45) is 0. The van der Waals surface area contributed by atoms with Gasteiger partial charge < -0.3 is 11.1 Å². The number of rotatable bonds is 3. The van der Waals surface area contributed by atoms with Gasteiger partial charge in [0.05, 0.1) is 4.90 Å². The Morgan fingerprint density at radius 2 is 1.86 bits per heavy atom. The van der Waals surface area contributed by atoms with Crippen LogP contribution in [-0.4, -0.2) is 43.2 Å². The molecule has 0 spiro atoms. The van der Waals surface area contributed by atoms with Crippen molar-refractivity contribution in [1.29, 1.82) is 0 Å². The zero-order valence-electron chi connectivity index (χ0n) is 11.8. The lowest BCUT2D eigenvalue weighted by Crippen LogP contribution is -2.63. The summed E-state index contributed by atoms with van der Waals surface area (Å²) in [5.74, 6) is -0.970. The molecule has 1 aromatic carbocycles. The summed E-state index contributed by atoms with van der Waals surface area (Å²) in [5, 5.41) is 2.64. The average Bonchev–Trinajstić information content (AvgIpc) is 2.41. The Bertz CT molecular complexity index is 680. The van der Waals surface area contributed by atoms with Crippen molar-refractivity contribution >= 4 is 21.8 Å². The van der Waals surface area contributed by atoms with Gasteiger partial charge in [-0.05, 0) is 38.1 Å². The van der Waals surface area contributed by atoms with Gasteiger partial charge in [0.15, 0.2) is 0 Å². The maximum Gasteiger partial charge on any atom is 0.248 e. The van der Waals surface area contributed by atoms with E-state index in [1.807, 2.05) is 0 Å². The number of primary amides is 1. The summed E-state index contributed by atoms with van der Waals surface area (Å²) in [5.41, 5.74) is 4.18. The van der Waals surface area contributed by atoms with E-state index in [2.05, 4.69) is 5.32 Å². The Labute approximate surface area is 123 Å². The van der Waals surface area contributed by atoms with E-state index in [0.717, 1.165) is 4.31 Å². The predicted octanol–water partition coefficient (Wildman–Crippen LogP) is -0.315. The van der Waals surface area contributed by atoms with Crippen LogP contribution < -0.4 is 11.1 Å². The molecule has 0 saturated carbocycles. The van der Waals surface area contributed by atoms with E-state index < -0.39 is 21.5 Å². The van der Waals surface area contributed by atoms with Crippen LogP contribution in [0.2, 0.25) is 0 Å². The molecule has 0 unspecified atom stereocenters. The number of nitrogens with one attached hydrogen (secondary N) is 1. The van der Waals surface area contributed by atoms with Crippen LogP contribution >= 0.6 is 0 Å². The van der Waals surface area contributed by atoms with Gasteiger partial charge >= 0.3 is 0 Å². The van der Waals surface area contributed by atoms with Crippen LogP contribution in [0, 0.1) is 0 Å². The van der Waals surface area contributed by atoms with Crippen LogP contribution in [0.25, 0.3) is 0 Å². The molecule has 21 heavy (non-hydrogen) atoms. The van der Waals surface area contributed by atoms with Gasteiger partial charge in [-0.15, -0.1) is 0 Å². The summed E-state index contributed by atoms with van der Waals surface area (Å²) in [4.78, 5) is 22.9. The molecular formula is C13H17N3O4S. The number of nitrogens with two attached hydrogens (primary N) is 1. The topological polar surface area (TPSA) is 110 Å². The normalized spacial score (nSPS) is 19.0. The smallest absolute Gasteiger partial charge is 0.248 e. The van der Waals surface area contributed by atoms with Crippen LogP contribution in [0.1, 0.15) is 24.2 Å². The molecule has 7 nitrogen and oxygen atoms in total. The molecule has 114 valence electrons. The summed E-state index contributed by atoms with van der Waals surface area (Å²) in [7, 11) is -3.82. The fourth-order valence-corrected chi connectivity index (χ4v) is 3.97. The molecule has 2 rings (SSSR count). The maximum absolute atomic E-state index is 12.7. The number of benzene rings is 1. The van der Waals surface area contributed by atoms with Crippen LogP contribution in [0.4, 0.5) is 0 Å². The number of hydrogen-bond acceptors (Lipinski definition) is 4. The molecule has 1 aromatic rings. The van der Waals surface area contributed by atoms with Crippen molar-refractivity contribution in [3.05, 3.63) is 29.8 Å². The highest BCUT2D eigenvalue weighted by Crippen LogP contribution is 2.26. The zero-order valence-corrected chi connectivity index (χ0v) is 12.6. The fourth-order valence-electron chi connectivity index (χ4n) is 2.22. The van der Waals surface area contributed by atoms with E-state index in [1.54, 1.807) is 13.8 Å². The number of carbonyl (C=O) groups is 2. The zero-order chi connectivity index (χ0) is 15.8. The van der Waals surface area contributed by atoms with E-state index >= 15 is 0 Å². The highest BCUT2D eigenvalue weighted by molar-refractivity contribution is 7.89. The molecule has 2 amide bonds. The second-order valence-electron chi connectivity index (χ2n) is 5.28. The monoisotopic (exact) mass is 311 g/mol. The molecule has 8 heteroatoms. The van der Waals surface area contributed by atoms with Crippen molar-refractivity contribution in [2.75, 3.05) is 13.1 Å². The molecule has 0 bridgehead atoms. The van der Waals surface area contributed by atoms with Crippen LogP contribution in [0.3, 0.4) is 0 Å². The lowest BCUT2D eigenvalue weighted by Gasteiger charge is -2.39. The Balaban J connectivity index is 2.41. The number of sulfonamides is 1. The first-order chi connectivity index (χ1) is 9.67. The van der Waals surface area contributed by atoms with E-state index in [9.17, 15) is 18.0 Å². The maximum atomic E-state index is 12.7. The minimum atomic E-state index is -3.82. The SMILES string of the molecule is CC1(C)C(=O)NCCN1S(=O)(=O)c1ccc(C(N)=O)cc1. The standard InChI is InChI=1S/C13H17N3O4S/c1-13(2)12(18)15-7-8-16(13)21(19,20)10-5-3-9(4-6-10)11(14)17/h3-6H,7-8H2,1-2H3,(H2,14,17)(H,15,18). The van der Waals surface area contributed by atoms with Crippen LogP contribution in [-0.2, 0) is 14.8 Å². The van der Waals surface area contributed by atoms with Crippen molar-refractivity contribution in [2.45, 2.75) is 24.3 Å². The Kier molecular flexibility index (Phi) is 3.77. The molecule has 1 heterocycles. The van der Waals surface area contributed by atoms with Crippen LogP contribution in [0.5, 0.6) is 0 Å². The minimum absolute atomic E-state index is 0.0234. The van der Waals surface area contributed by atoms with E-state index in [-0.39, 0.29) is 29.5 Å². The largest absolute Gasteiger partial charge is 0.366 e. The second-order valence-corrected chi connectivity index (χ2v) is 7.14. The highest BCUT2D eigenvalue weighted by atomic mass is 32.2. The lowest BCUT2D eigenvalue weighted by atomic mass is 10.0. The highest BCUT2D eigenvalue weighted by Gasteiger charge is 2.44.